The van der Waals surface area contributed by atoms with E-state index in [4.69, 9.17) is 4.74 Å². The normalized spacial score (nSPS) is 10.4. The SMILES string of the molecule is COc1ccc(C(=O)CSc2nc3ccc(C)cc3cc2C#N)cc1. The van der Waals surface area contributed by atoms with Crippen LogP contribution in [0.4, 0.5) is 0 Å². The molecule has 0 radical (unpaired) electrons. The van der Waals surface area contributed by atoms with Crippen molar-refractivity contribution in [3.05, 3.63) is 65.2 Å². The topological polar surface area (TPSA) is 63.0 Å². The third-order valence-corrected chi connectivity index (χ3v) is 4.80. The summed E-state index contributed by atoms with van der Waals surface area (Å²) in [6.07, 6.45) is 0. The summed E-state index contributed by atoms with van der Waals surface area (Å²) in [5.74, 6) is 0.926. The van der Waals surface area contributed by atoms with Gasteiger partial charge in [-0.15, -0.1) is 0 Å². The van der Waals surface area contributed by atoms with Gasteiger partial charge in [-0.25, -0.2) is 4.98 Å². The van der Waals surface area contributed by atoms with E-state index < -0.39 is 0 Å². The van der Waals surface area contributed by atoms with Crippen LogP contribution in [0.3, 0.4) is 0 Å². The molecule has 0 aliphatic rings. The van der Waals surface area contributed by atoms with E-state index in [1.807, 2.05) is 31.2 Å². The Hall–Kier alpha value is -2.84. The van der Waals surface area contributed by atoms with E-state index in [1.54, 1.807) is 31.4 Å². The van der Waals surface area contributed by atoms with Gasteiger partial charge in [0, 0.05) is 10.9 Å². The summed E-state index contributed by atoms with van der Waals surface area (Å²) in [6, 6.07) is 16.9. The minimum absolute atomic E-state index is 0.0117. The van der Waals surface area contributed by atoms with Crippen LogP contribution in [0, 0.1) is 18.3 Å². The van der Waals surface area contributed by atoms with Gasteiger partial charge in [0.2, 0.25) is 0 Å². The van der Waals surface area contributed by atoms with Crippen LogP contribution < -0.4 is 4.74 Å². The number of carbonyl (C=O) groups is 1. The Kier molecular flexibility index (Phi) is 5.01. The van der Waals surface area contributed by atoms with Crippen molar-refractivity contribution in [1.82, 2.24) is 4.98 Å². The second kappa shape index (κ2) is 7.37. The highest BCUT2D eigenvalue weighted by Crippen LogP contribution is 2.26. The van der Waals surface area contributed by atoms with E-state index >= 15 is 0 Å². The van der Waals surface area contributed by atoms with E-state index in [2.05, 4.69) is 11.1 Å². The minimum Gasteiger partial charge on any atom is -0.497 e. The number of nitrogens with zero attached hydrogens (tertiary/aromatic N) is 2. The molecule has 0 saturated heterocycles. The quantitative estimate of drug-likeness (QED) is 0.505. The molecule has 0 bridgehead atoms. The first kappa shape index (κ1) is 17.0. The highest BCUT2D eigenvalue weighted by molar-refractivity contribution is 8.00. The maximum atomic E-state index is 12.4. The van der Waals surface area contributed by atoms with Crippen LogP contribution in [-0.4, -0.2) is 23.6 Å². The number of methoxy groups -OCH3 is 1. The highest BCUT2D eigenvalue weighted by atomic mass is 32.2. The summed E-state index contributed by atoms with van der Waals surface area (Å²) in [6.45, 7) is 2.00. The molecule has 1 heterocycles. The van der Waals surface area contributed by atoms with E-state index in [9.17, 15) is 10.1 Å². The van der Waals surface area contributed by atoms with E-state index in [0.29, 0.717) is 21.9 Å². The summed E-state index contributed by atoms with van der Waals surface area (Å²) in [5.41, 5.74) is 3.05. The van der Waals surface area contributed by atoms with Crippen LogP contribution in [0.5, 0.6) is 5.75 Å². The average Bonchev–Trinajstić information content (AvgIpc) is 2.65. The Morgan fingerprint density at radius 3 is 2.64 bits per heavy atom. The summed E-state index contributed by atoms with van der Waals surface area (Å²) >= 11 is 1.29. The molecular formula is C20H16N2O2S. The molecule has 0 spiro atoms. The second-order valence-corrected chi connectivity index (χ2v) is 6.55. The number of pyridine rings is 1. The number of hydrogen-bond donors (Lipinski definition) is 0. The lowest BCUT2D eigenvalue weighted by atomic mass is 10.1. The molecule has 0 unspecified atom stereocenters. The zero-order valence-electron chi connectivity index (χ0n) is 13.9. The minimum atomic E-state index is -0.0117. The van der Waals surface area contributed by atoms with E-state index in [0.717, 1.165) is 16.5 Å². The molecule has 1 aromatic heterocycles. The number of carbonyl (C=O) groups excluding carboxylic acids is 1. The molecule has 124 valence electrons. The van der Waals surface area contributed by atoms with E-state index in [-0.39, 0.29) is 11.5 Å². The van der Waals surface area contributed by atoms with Gasteiger partial charge in [0.05, 0.1) is 23.9 Å². The fraction of sp³-hybridized carbons (Fsp3) is 0.150. The molecule has 5 heteroatoms. The predicted molar refractivity (Wildman–Crippen MR) is 99.2 cm³/mol. The summed E-state index contributed by atoms with van der Waals surface area (Å²) in [7, 11) is 1.59. The lowest BCUT2D eigenvalue weighted by Crippen LogP contribution is -2.03. The molecule has 0 aliphatic heterocycles. The number of aryl methyl sites for hydroxylation is 1. The zero-order chi connectivity index (χ0) is 17.8. The first-order valence-electron chi connectivity index (χ1n) is 7.72. The molecular weight excluding hydrogens is 332 g/mol. The smallest absolute Gasteiger partial charge is 0.173 e. The van der Waals surface area contributed by atoms with Gasteiger partial charge in [-0.2, -0.15) is 5.26 Å². The fourth-order valence-electron chi connectivity index (χ4n) is 2.46. The first-order chi connectivity index (χ1) is 12.1. The predicted octanol–water partition coefficient (Wildman–Crippen LogP) is 4.40. The van der Waals surface area contributed by atoms with Gasteiger partial charge in [0.25, 0.3) is 0 Å². The van der Waals surface area contributed by atoms with Gasteiger partial charge >= 0.3 is 0 Å². The van der Waals surface area contributed by atoms with Crippen LogP contribution in [0.2, 0.25) is 0 Å². The molecule has 25 heavy (non-hydrogen) atoms. The Morgan fingerprint density at radius 1 is 1.20 bits per heavy atom. The van der Waals surface area contributed by atoms with Crippen molar-refractivity contribution in [2.24, 2.45) is 0 Å². The molecule has 4 nitrogen and oxygen atoms in total. The highest BCUT2D eigenvalue weighted by Gasteiger charge is 2.12. The lowest BCUT2D eigenvalue weighted by Gasteiger charge is -2.06. The van der Waals surface area contributed by atoms with Crippen molar-refractivity contribution in [2.45, 2.75) is 11.9 Å². The van der Waals surface area contributed by atoms with Crippen LogP contribution in [0.1, 0.15) is 21.5 Å². The zero-order valence-corrected chi connectivity index (χ0v) is 14.8. The number of rotatable bonds is 5. The Morgan fingerprint density at radius 2 is 1.96 bits per heavy atom. The number of benzene rings is 2. The number of hydrogen-bond acceptors (Lipinski definition) is 5. The monoisotopic (exact) mass is 348 g/mol. The van der Waals surface area contributed by atoms with Crippen molar-refractivity contribution < 1.29 is 9.53 Å². The molecule has 3 aromatic rings. The number of thioether (sulfide) groups is 1. The molecule has 0 atom stereocenters. The molecule has 3 rings (SSSR count). The molecule has 0 fully saturated rings. The van der Waals surface area contributed by atoms with Gasteiger partial charge in [0.15, 0.2) is 5.78 Å². The van der Waals surface area contributed by atoms with Crippen molar-refractivity contribution in [3.63, 3.8) is 0 Å². The maximum Gasteiger partial charge on any atom is 0.173 e. The lowest BCUT2D eigenvalue weighted by molar-refractivity contribution is 0.102. The third-order valence-electron chi connectivity index (χ3n) is 3.81. The molecule has 0 N–H and O–H groups in total. The first-order valence-corrected chi connectivity index (χ1v) is 8.71. The maximum absolute atomic E-state index is 12.4. The average molecular weight is 348 g/mol. The summed E-state index contributed by atoms with van der Waals surface area (Å²) < 4.78 is 5.10. The van der Waals surface area contributed by atoms with Crippen LogP contribution in [0.25, 0.3) is 10.9 Å². The molecule has 0 amide bonds. The van der Waals surface area contributed by atoms with Gasteiger partial charge < -0.3 is 4.74 Å². The van der Waals surface area contributed by atoms with Crippen molar-refractivity contribution in [2.75, 3.05) is 12.9 Å². The van der Waals surface area contributed by atoms with Crippen LogP contribution in [0.15, 0.2) is 53.6 Å². The Balaban J connectivity index is 1.81. The standard InChI is InChI=1S/C20H16N2O2S/c1-13-3-8-18-15(9-13)10-16(11-21)20(22-18)25-12-19(23)14-4-6-17(24-2)7-5-14/h3-10H,12H2,1-2H3. The number of ether oxygens (including phenoxy) is 1. The van der Waals surface area contributed by atoms with Crippen LogP contribution in [-0.2, 0) is 0 Å². The van der Waals surface area contributed by atoms with Crippen molar-refractivity contribution in [3.8, 4) is 11.8 Å². The van der Waals surface area contributed by atoms with Crippen molar-refractivity contribution in [1.29, 1.82) is 5.26 Å². The largest absolute Gasteiger partial charge is 0.497 e. The van der Waals surface area contributed by atoms with Crippen LogP contribution >= 0.6 is 11.8 Å². The molecule has 0 saturated carbocycles. The number of nitriles is 1. The Bertz CT molecular complexity index is 975. The summed E-state index contributed by atoms with van der Waals surface area (Å²) in [5, 5.41) is 10.9. The van der Waals surface area contributed by atoms with Gasteiger partial charge in [-0.05, 0) is 49.4 Å². The number of Topliss-reactive ketones (excluding diaryl/α,β-unsaturated/α-hetero) is 1. The second-order valence-electron chi connectivity index (χ2n) is 5.59. The number of ketones is 1. The number of fused-ring (bicyclic) bond motifs is 1. The van der Waals surface area contributed by atoms with Gasteiger partial charge in [0.1, 0.15) is 16.8 Å². The Labute approximate surface area is 150 Å². The van der Waals surface area contributed by atoms with Gasteiger partial charge in [-0.3, -0.25) is 4.79 Å². The summed E-state index contributed by atoms with van der Waals surface area (Å²) in [4.78, 5) is 16.9. The third kappa shape index (κ3) is 3.81. The van der Waals surface area contributed by atoms with Gasteiger partial charge in [-0.1, -0.05) is 23.4 Å². The molecule has 2 aromatic carbocycles. The molecule has 0 aliphatic carbocycles. The fourth-order valence-corrected chi connectivity index (χ4v) is 3.32. The van der Waals surface area contributed by atoms with Crippen molar-refractivity contribution >= 4 is 28.4 Å². The van der Waals surface area contributed by atoms with E-state index in [1.165, 1.54) is 11.8 Å². The number of aromatic nitrogens is 1.